The van der Waals surface area contributed by atoms with Gasteiger partial charge in [0.1, 0.15) is 17.4 Å². The van der Waals surface area contributed by atoms with Crippen molar-refractivity contribution in [2.24, 2.45) is 0 Å². The molecule has 4 aromatic rings. The molecular weight excluding hydrogens is 364 g/mol. The Bertz CT molecular complexity index is 1100. The van der Waals surface area contributed by atoms with Crippen LogP contribution in [0.5, 0.6) is 5.75 Å². The first-order valence-electron chi connectivity index (χ1n) is 9.71. The van der Waals surface area contributed by atoms with E-state index in [4.69, 9.17) is 4.74 Å². The third-order valence-electron chi connectivity index (χ3n) is 5.36. The molecule has 0 N–H and O–H groups in total. The van der Waals surface area contributed by atoms with Crippen molar-refractivity contribution in [1.29, 1.82) is 0 Å². The molecule has 3 aromatic heterocycles. The van der Waals surface area contributed by atoms with E-state index in [1.165, 1.54) is 0 Å². The number of hydrogen-bond acceptors (Lipinski definition) is 6. The van der Waals surface area contributed by atoms with Crippen molar-refractivity contribution in [1.82, 2.24) is 19.6 Å². The summed E-state index contributed by atoms with van der Waals surface area (Å²) in [5.41, 5.74) is 2.95. The zero-order chi connectivity index (χ0) is 19.6. The minimum atomic E-state index is 0.838. The van der Waals surface area contributed by atoms with E-state index in [0.29, 0.717) is 0 Å². The maximum Gasteiger partial charge on any atom is 0.165 e. The van der Waals surface area contributed by atoms with Crippen LogP contribution < -0.4 is 14.5 Å². The Morgan fingerprint density at radius 3 is 2.34 bits per heavy atom. The molecule has 0 saturated carbocycles. The van der Waals surface area contributed by atoms with Gasteiger partial charge >= 0.3 is 0 Å². The number of rotatable bonds is 4. The fourth-order valence-electron chi connectivity index (χ4n) is 3.80. The summed E-state index contributed by atoms with van der Waals surface area (Å²) >= 11 is 0. The maximum atomic E-state index is 5.26. The zero-order valence-electron chi connectivity index (χ0n) is 16.3. The second-order valence-electron chi connectivity index (χ2n) is 6.99. The zero-order valence-corrected chi connectivity index (χ0v) is 16.3. The van der Waals surface area contributed by atoms with Crippen molar-refractivity contribution < 1.29 is 4.74 Å². The van der Waals surface area contributed by atoms with Crippen LogP contribution in [-0.2, 0) is 0 Å². The van der Waals surface area contributed by atoms with Gasteiger partial charge in [0.2, 0.25) is 0 Å². The molecule has 0 aliphatic carbocycles. The van der Waals surface area contributed by atoms with Gasteiger partial charge in [0.05, 0.1) is 13.3 Å². The predicted molar refractivity (Wildman–Crippen MR) is 114 cm³/mol. The monoisotopic (exact) mass is 386 g/mol. The topological polar surface area (TPSA) is 58.8 Å². The van der Waals surface area contributed by atoms with Crippen molar-refractivity contribution in [3.05, 3.63) is 67.1 Å². The molecule has 0 spiro atoms. The number of nitrogens with zero attached hydrogens (tertiary/aromatic N) is 6. The van der Waals surface area contributed by atoms with Crippen molar-refractivity contribution in [3.8, 4) is 16.9 Å². The van der Waals surface area contributed by atoms with Gasteiger partial charge in [-0.25, -0.2) is 9.97 Å². The van der Waals surface area contributed by atoms with E-state index in [2.05, 4.69) is 30.9 Å². The fourth-order valence-corrected chi connectivity index (χ4v) is 3.80. The third kappa shape index (κ3) is 3.24. The molecule has 0 bridgehead atoms. The lowest BCUT2D eigenvalue weighted by Crippen LogP contribution is -2.47. The first-order chi connectivity index (χ1) is 14.3. The van der Waals surface area contributed by atoms with E-state index in [1.807, 2.05) is 65.6 Å². The quantitative estimate of drug-likeness (QED) is 0.537. The van der Waals surface area contributed by atoms with Crippen LogP contribution in [0.3, 0.4) is 0 Å². The summed E-state index contributed by atoms with van der Waals surface area (Å²) in [6, 6.07) is 16.1. The first kappa shape index (κ1) is 17.5. The van der Waals surface area contributed by atoms with E-state index in [9.17, 15) is 0 Å². The van der Waals surface area contributed by atoms with Gasteiger partial charge in [-0.3, -0.25) is 0 Å². The highest BCUT2D eigenvalue weighted by atomic mass is 16.5. The summed E-state index contributed by atoms with van der Waals surface area (Å²) in [5, 5.41) is 4.65. The second kappa shape index (κ2) is 7.43. The van der Waals surface area contributed by atoms with Gasteiger partial charge in [-0.2, -0.15) is 9.61 Å². The second-order valence-corrected chi connectivity index (χ2v) is 6.99. The molecule has 146 valence electrons. The molecule has 1 aliphatic heterocycles. The number of hydrogen-bond donors (Lipinski definition) is 0. The average Bonchev–Trinajstić information content (AvgIpc) is 3.24. The summed E-state index contributed by atoms with van der Waals surface area (Å²) in [5.74, 6) is 2.94. The van der Waals surface area contributed by atoms with Crippen LogP contribution in [0.25, 0.3) is 16.8 Å². The molecule has 7 heteroatoms. The van der Waals surface area contributed by atoms with Crippen LogP contribution in [0, 0.1) is 0 Å². The highest BCUT2D eigenvalue weighted by Gasteiger charge is 2.21. The maximum absolute atomic E-state index is 5.26. The minimum absolute atomic E-state index is 0.838. The fraction of sp³-hybridized carbons (Fsp3) is 0.227. The van der Waals surface area contributed by atoms with E-state index >= 15 is 0 Å². The highest BCUT2D eigenvalue weighted by Crippen LogP contribution is 2.28. The Hall–Kier alpha value is -3.61. The number of methoxy groups -OCH3 is 1. The van der Waals surface area contributed by atoms with E-state index in [0.717, 1.165) is 60.3 Å². The number of ether oxygens (including phenoxy) is 1. The normalized spacial score (nSPS) is 14.4. The van der Waals surface area contributed by atoms with E-state index in [-0.39, 0.29) is 0 Å². The lowest BCUT2D eigenvalue weighted by Gasteiger charge is -2.36. The molecule has 4 heterocycles. The molecule has 1 fully saturated rings. The summed E-state index contributed by atoms with van der Waals surface area (Å²) in [7, 11) is 1.67. The summed E-state index contributed by atoms with van der Waals surface area (Å²) in [6.07, 6.45) is 5.60. The van der Waals surface area contributed by atoms with Gasteiger partial charge in [-0.1, -0.05) is 18.2 Å². The van der Waals surface area contributed by atoms with E-state index in [1.54, 1.807) is 7.11 Å². The van der Waals surface area contributed by atoms with Crippen molar-refractivity contribution in [2.75, 3.05) is 43.1 Å². The highest BCUT2D eigenvalue weighted by molar-refractivity contribution is 5.78. The lowest BCUT2D eigenvalue weighted by molar-refractivity contribution is 0.415. The van der Waals surface area contributed by atoms with Crippen molar-refractivity contribution >= 4 is 17.3 Å². The van der Waals surface area contributed by atoms with Crippen LogP contribution in [0.15, 0.2) is 67.1 Å². The first-order valence-corrected chi connectivity index (χ1v) is 9.71. The van der Waals surface area contributed by atoms with Gasteiger partial charge in [-0.05, 0) is 35.9 Å². The third-order valence-corrected chi connectivity index (χ3v) is 5.36. The Kier molecular flexibility index (Phi) is 4.48. The molecule has 0 radical (unpaired) electrons. The van der Waals surface area contributed by atoms with Gasteiger partial charge in [-0.15, -0.1) is 0 Å². The van der Waals surface area contributed by atoms with Gasteiger partial charge in [0.15, 0.2) is 5.65 Å². The lowest BCUT2D eigenvalue weighted by atomic mass is 10.1. The Balaban J connectivity index is 1.41. The predicted octanol–water partition coefficient (Wildman–Crippen LogP) is 3.13. The van der Waals surface area contributed by atoms with Gasteiger partial charge in [0.25, 0.3) is 0 Å². The molecular formula is C22H22N6O. The molecule has 7 nitrogen and oxygen atoms in total. The van der Waals surface area contributed by atoms with Crippen LogP contribution >= 0.6 is 0 Å². The molecule has 0 atom stereocenters. The minimum Gasteiger partial charge on any atom is -0.497 e. The molecule has 1 saturated heterocycles. The number of piperazine rings is 1. The number of anilines is 2. The van der Waals surface area contributed by atoms with Crippen LogP contribution in [0.4, 0.5) is 11.6 Å². The molecule has 29 heavy (non-hydrogen) atoms. The Morgan fingerprint density at radius 1 is 0.828 bits per heavy atom. The van der Waals surface area contributed by atoms with Crippen LogP contribution in [0.1, 0.15) is 0 Å². The smallest absolute Gasteiger partial charge is 0.165 e. The Labute approximate surface area is 169 Å². The van der Waals surface area contributed by atoms with Crippen molar-refractivity contribution in [3.63, 3.8) is 0 Å². The molecule has 5 rings (SSSR count). The number of benzene rings is 1. The SMILES string of the molecule is COc1ccc(-c2cnn3c(N4CCN(c5ccccn5)CC4)ccnc23)cc1. The molecule has 1 aliphatic rings. The van der Waals surface area contributed by atoms with Gasteiger partial charge in [0, 0.05) is 44.1 Å². The molecule has 1 aromatic carbocycles. The van der Waals surface area contributed by atoms with E-state index < -0.39 is 0 Å². The number of pyridine rings is 1. The molecule has 0 unspecified atom stereocenters. The number of aromatic nitrogens is 4. The standard InChI is InChI=1S/C22H22N6O/c1-29-18-7-5-17(6-8-18)19-16-25-28-21(9-11-24-22(19)28)27-14-12-26(13-15-27)20-4-2-3-10-23-20/h2-11,16H,12-15H2,1H3. The van der Waals surface area contributed by atoms with Gasteiger partial charge < -0.3 is 14.5 Å². The molecule has 0 amide bonds. The average molecular weight is 386 g/mol. The largest absolute Gasteiger partial charge is 0.497 e. The summed E-state index contributed by atoms with van der Waals surface area (Å²) in [6.45, 7) is 3.67. The summed E-state index contributed by atoms with van der Waals surface area (Å²) < 4.78 is 7.20. The Morgan fingerprint density at radius 2 is 1.62 bits per heavy atom. The number of fused-ring (bicyclic) bond motifs is 1. The summed E-state index contributed by atoms with van der Waals surface area (Å²) in [4.78, 5) is 13.8. The van der Waals surface area contributed by atoms with Crippen LogP contribution in [-0.4, -0.2) is 52.9 Å². The van der Waals surface area contributed by atoms with Crippen molar-refractivity contribution in [2.45, 2.75) is 0 Å². The van der Waals surface area contributed by atoms with Crippen LogP contribution in [0.2, 0.25) is 0 Å².